The fourth-order valence-corrected chi connectivity index (χ4v) is 2.88. The topological polar surface area (TPSA) is 67.4 Å². The smallest absolute Gasteiger partial charge is 0.280 e. The number of alkyl halides is 2. The van der Waals surface area contributed by atoms with Crippen molar-refractivity contribution in [3.05, 3.63) is 47.9 Å². The summed E-state index contributed by atoms with van der Waals surface area (Å²) < 4.78 is 30.7. The van der Waals surface area contributed by atoms with Gasteiger partial charge in [0, 0.05) is 19.3 Å². The second-order valence-electron chi connectivity index (χ2n) is 6.29. The SMILES string of the molecule is CC1CN(c2ccc(C(=O)Nc3ccc(C(F)F)nc3)cn2)CC(C)O1. The lowest BCUT2D eigenvalue weighted by atomic mass is 10.2. The highest BCUT2D eigenvalue weighted by atomic mass is 19.3. The zero-order valence-electron chi connectivity index (χ0n) is 14.5. The van der Waals surface area contributed by atoms with E-state index in [2.05, 4.69) is 20.2 Å². The maximum absolute atomic E-state index is 12.5. The van der Waals surface area contributed by atoms with Crippen LogP contribution in [-0.4, -0.2) is 41.2 Å². The van der Waals surface area contributed by atoms with Crippen molar-refractivity contribution in [2.75, 3.05) is 23.3 Å². The first-order chi connectivity index (χ1) is 12.4. The second kappa shape index (κ2) is 7.74. The van der Waals surface area contributed by atoms with Crippen LogP contribution in [0.3, 0.4) is 0 Å². The van der Waals surface area contributed by atoms with E-state index in [1.165, 1.54) is 24.5 Å². The quantitative estimate of drug-likeness (QED) is 0.904. The Kier molecular flexibility index (Phi) is 5.41. The maximum atomic E-state index is 12.5. The Hall–Kier alpha value is -2.61. The summed E-state index contributed by atoms with van der Waals surface area (Å²) in [7, 11) is 0. The molecule has 0 spiro atoms. The van der Waals surface area contributed by atoms with Gasteiger partial charge in [-0.3, -0.25) is 9.78 Å². The normalized spacial score (nSPS) is 20.3. The lowest BCUT2D eigenvalue weighted by molar-refractivity contribution is -0.00546. The molecule has 0 aromatic carbocycles. The van der Waals surface area contributed by atoms with Gasteiger partial charge in [0.15, 0.2) is 0 Å². The first kappa shape index (κ1) is 18.2. The molecule has 1 aliphatic heterocycles. The molecule has 8 heteroatoms. The average Bonchev–Trinajstić information content (AvgIpc) is 2.61. The van der Waals surface area contributed by atoms with Crippen LogP contribution in [0.15, 0.2) is 36.7 Å². The van der Waals surface area contributed by atoms with Gasteiger partial charge in [-0.15, -0.1) is 0 Å². The van der Waals surface area contributed by atoms with E-state index in [0.29, 0.717) is 11.3 Å². The summed E-state index contributed by atoms with van der Waals surface area (Å²) in [5.41, 5.74) is 0.392. The first-order valence-corrected chi connectivity index (χ1v) is 8.34. The number of rotatable bonds is 4. The summed E-state index contributed by atoms with van der Waals surface area (Å²) >= 11 is 0. The molecule has 0 saturated carbocycles. The second-order valence-corrected chi connectivity index (χ2v) is 6.29. The van der Waals surface area contributed by atoms with Crippen molar-refractivity contribution in [3.63, 3.8) is 0 Å². The van der Waals surface area contributed by atoms with Crippen LogP contribution in [0.25, 0.3) is 0 Å². The highest BCUT2D eigenvalue weighted by Crippen LogP contribution is 2.20. The van der Waals surface area contributed by atoms with E-state index >= 15 is 0 Å². The van der Waals surface area contributed by atoms with E-state index < -0.39 is 6.43 Å². The Balaban J connectivity index is 1.65. The van der Waals surface area contributed by atoms with Crippen molar-refractivity contribution < 1.29 is 18.3 Å². The van der Waals surface area contributed by atoms with Gasteiger partial charge in [-0.25, -0.2) is 13.8 Å². The van der Waals surface area contributed by atoms with Crippen molar-refractivity contribution in [2.24, 2.45) is 0 Å². The predicted molar refractivity (Wildman–Crippen MR) is 93.6 cm³/mol. The molecule has 2 aromatic heterocycles. The highest BCUT2D eigenvalue weighted by molar-refractivity contribution is 6.04. The molecule has 1 aliphatic rings. The van der Waals surface area contributed by atoms with Gasteiger partial charge < -0.3 is 15.0 Å². The maximum Gasteiger partial charge on any atom is 0.280 e. The molecule has 0 aliphatic carbocycles. The number of morpholine rings is 1. The number of carbonyl (C=O) groups is 1. The third-order valence-electron chi connectivity index (χ3n) is 4.02. The molecule has 1 saturated heterocycles. The molecule has 0 bridgehead atoms. The van der Waals surface area contributed by atoms with Crippen molar-refractivity contribution in [1.29, 1.82) is 0 Å². The number of hydrogen-bond donors (Lipinski definition) is 1. The molecule has 138 valence electrons. The number of amides is 1. The monoisotopic (exact) mass is 362 g/mol. The molecule has 1 amide bonds. The van der Waals surface area contributed by atoms with Crippen LogP contribution >= 0.6 is 0 Å². The largest absolute Gasteiger partial charge is 0.372 e. The molecule has 1 fully saturated rings. The third kappa shape index (κ3) is 4.32. The van der Waals surface area contributed by atoms with Crippen LogP contribution in [0.1, 0.15) is 36.3 Å². The van der Waals surface area contributed by atoms with Crippen LogP contribution in [0.4, 0.5) is 20.3 Å². The Bertz CT molecular complexity index is 743. The van der Waals surface area contributed by atoms with E-state index in [4.69, 9.17) is 4.74 Å². The van der Waals surface area contributed by atoms with Crippen LogP contribution in [0.5, 0.6) is 0 Å². The fourth-order valence-electron chi connectivity index (χ4n) is 2.88. The number of nitrogens with zero attached hydrogens (tertiary/aromatic N) is 3. The average molecular weight is 362 g/mol. The summed E-state index contributed by atoms with van der Waals surface area (Å²) in [6, 6.07) is 6.05. The number of halogens is 2. The van der Waals surface area contributed by atoms with Gasteiger partial charge in [-0.05, 0) is 38.1 Å². The third-order valence-corrected chi connectivity index (χ3v) is 4.02. The first-order valence-electron chi connectivity index (χ1n) is 8.34. The minimum atomic E-state index is -2.64. The standard InChI is InChI=1S/C18H20F2N4O2/c1-11-9-24(10-12(2)26-11)16-6-3-13(7-22-16)18(25)23-14-4-5-15(17(19)20)21-8-14/h3-8,11-12,17H,9-10H2,1-2H3,(H,23,25). The molecule has 26 heavy (non-hydrogen) atoms. The van der Waals surface area contributed by atoms with Crippen LogP contribution in [0.2, 0.25) is 0 Å². The van der Waals surface area contributed by atoms with Crippen LogP contribution in [-0.2, 0) is 4.74 Å². The van der Waals surface area contributed by atoms with Crippen molar-refractivity contribution >= 4 is 17.4 Å². The van der Waals surface area contributed by atoms with Crippen LogP contribution in [0, 0.1) is 0 Å². The van der Waals surface area contributed by atoms with Gasteiger partial charge in [-0.2, -0.15) is 0 Å². The highest BCUT2D eigenvalue weighted by Gasteiger charge is 2.23. The van der Waals surface area contributed by atoms with Crippen molar-refractivity contribution in [3.8, 4) is 0 Å². The molecule has 3 rings (SSSR count). The molecule has 2 atom stereocenters. The molecular formula is C18H20F2N4O2. The lowest BCUT2D eigenvalue weighted by Gasteiger charge is -2.36. The summed E-state index contributed by atoms with van der Waals surface area (Å²) in [4.78, 5) is 22.4. The van der Waals surface area contributed by atoms with Gasteiger partial charge in [0.05, 0.1) is 29.7 Å². The number of anilines is 2. The van der Waals surface area contributed by atoms with Crippen molar-refractivity contribution in [2.45, 2.75) is 32.5 Å². The van der Waals surface area contributed by atoms with Crippen LogP contribution < -0.4 is 10.2 Å². The molecule has 0 radical (unpaired) electrons. The Morgan fingerprint density at radius 1 is 1.15 bits per heavy atom. The lowest BCUT2D eigenvalue weighted by Crippen LogP contribution is -2.45. The Morgan fingerprint density at radius 2 is 1.88 bits per heavy atom. The number of hydrogen-bond acceptors (Lipinski definition) is 5. The Morgan fingerprint density at radius 3 is 2.42 bits per heavy atom. The zero-order valence-corrected chi connectivity index (χ0v) is 14.5. The summed E-state index contributed by atoms with van der Waals surface area (Å²) in [6.45, 7) is 5.51. The van der Waals surface area contributed by atoms with E-state index in [1.807, 2.05) is 13.8 Å². The van der Waals surface area contributed by atoms with Gasteiger partial charge in [0.2, 0.25) is 0 Å². The van der Waals surface area contributed by atoms with E-state index in [-0.39, 0.29) is 23.8 Å². The Labute approximate surface area is 150 Å². The zero-order chi connectivity index (χ0) is 18.7. The van der Waals surface area contributed by atoms with E-state index in [1.54, 1.807) is 12.1 Å². The fraction of sp³-hybridized carbons (Fsp3) is 0.389. The minimum Gasteiger partial charge on any atom is -0.372 e. The van der Waals surface area contributed by atoms with E-state index in [0.717, 1.165) is 18.9 Å². The number of carbonyl (C=O) groups excluding carboxylic acids is 1. The number of pyridine rings is 2. The molecule has 6 nitrogen and oxygen atoms in total. The minimum absolute atomic E-state index is 0.118. The summed E-state index contributed by atoms with van der Waals surface area (Å²) in [5.74, 6) is 0.408. The molecule has 3 heterocycles. The summed E-state index contributed by atoms with van der Waals surface area (Å²) in [6.07, 6.45) is 0.301. The number of nitrogens with one attached hydrogen (secondary N) is 1. The molecule has 2 unspecified atom stereocenters. The number of ether oxygens (including phenoxy) is 1. The van der Waals surface area contributed by atoms with E-state index in [9.17, 15) is 13.6 Å². The number of aromatic nitrogens is 2. The summed E-state index contributed by atoms with van der Waals surface area (Å²) in [5, 5.41) is 2.62. The molecule has 1 N–H and O–H groups in total. The van der Waals surface area contributed by atoms with Gasteiger partial charge in [0.25, 0.3) is 12.3 Å². The van der Waals surface area contributed by atoms with Crippen molar-refractivity contribution in [1.82, 2.24) is 9.97 Å². The predicted octanol–water partition coefficient (Wildman–Crippen LogP) is 3.28. The molecular weight excluding hydrogens is 342 g/mol. The molecule has 2 aromatic rings. The van der Waals surface area contributed by atoms with Gasteiger partial charge in [0.1, 0.15) is 11.5 Å². The van der Waals surface area contributed by atoms with Gasteiger partial charge >= 0.3 is 0 Å². The van der Waals surface area contributed by atoms with Gasteiger partial charge in [-0.1, -0.05) is 0 Å².